The Bertz CT molecular complexity index is 524. The van der Waals surface area contributed by atoms with Crippen molar-refractivity contribution < 1.29 is 14.7 Å². The van der Waals surface area contributed by atoms with Gasteiger partial charge < -0.3 is 10.0 Å². The highest BCUT2D eigenvalue weighted by Crippen LogP contribution is 2.24. The van der Waals surface area contributed by atoms with Gasteiger partial charge in [-0.15, -0.1) is 0 Å². The van der Waals surface area contributed by atoms with Gasteiger partial charge in [-0.2, -0.15) is 0 Å². The number of carboxylic acid groups (broad SMARTS) is 1. The Kier molecular flexibility index (Phi) is 5.58. The van der Waals surface area contributed by atoms with Gasteiger partial charge in [0.15, 0.2) is 0 Å². The van der Waals surface area contributed by atoms with E-state index in [0.717, 1.165) is 12.8 Å². The molecule has 1 aromatic rings. The second-order valence-corrected chi connectivity index (χ2v) is 6.22. The number of likely N-dealkylation sites (tertiary alicyclic amines) is 1. The Morgan fingerprint density at radius 3 is 2.41 bits per heavy atom. The van der Waals surface area contributed by atoms with Gasteiger partial charge >= 0.3 is 5.97 Å². The number of carbonyl (C=O) groups is 2. The largest absolute Gasteiger partial charge is 0.481 e. The van der Waals surface area contributed by atoms with Crippen LogP contribution in [-0.2, 0) is 22.4 Å². The second-order valence-electron chi connectivity index (χ2n) is 6.22. The van der Waals surface area contributed by atoms with Crippen LogP contribution in [0.3, 0.4) is 0 Å². The standard InChI is InChI=1S/C18H25NO3/c1-3-14-4-6-15(7-5-14)8-9-17(20)19-11-10-16(18(21)22)13(2)12-19/h4-7,13,16H,3,8-12H2,1-2H3,(H,21,22). The van der Waals surface area contributed by atoms with E-state index in [1.54, 1.807) is 0 Å². The number of carboxylic acids is 1. The van der Waals surface area contributed by atoms with E-state index in [4.69, 9.17) is 5.11 Å². The molecule has 1 amide bonds. The Labute approximate surface area is 132 Å². The summed E-state index contributed by atoms with van der Waals surface area (Å²) in [7, 11) is 0. The third-order valence-electron chi connectivity index (χ3n) is 4.63. The predicted molar refractivity (Wildman–Crippen MR) is 85.6 cm³/mol. The van der Waals surface area contributed by atoms with Gasteiger partial charge in [-0.05, 0) is 36.3 Å². The maximum Gasteiger partial charge on any atom is 0.306 e. The predicted octanol–water partition coefficient (Wildman–Crippen LogP) is 2.75. The van der Waals surface area contributed by atoms with Gasteiger partial charge in [-0.3, -0.25) is 9.59 Å². The lowest BCUT2D eigenvalue weighted by Crippen LogP contribution is -2.45. The van der Waals surface area contributed by atoms with Gasteiger partial charge in [0.2, 0.25) is 5.91 Å². The normalized spacial score (nSPS) is 21.6. The lowest BCUT2D eigenvalue weighted by molar-refractivity contribution is -0.148. The maximum atomic E-state index is 12.3. The number of aliphatic carboxylic acids is 1. The number of carbonyl (C=O) groups excluding carboxylic acids is 1. The highest BCUT2D eigenvalue weighted by atomic mass is 16.4. The molecule has 0 bridgehead atoms. The minimum Gasteiger partial charge on any atom is -0.481 e. The fourth-order valence-corrected chi connectivity index (χ4v) is 3.09. The van der Waals surface area contributed by atoms with Gasteiger partial charge in [-0.25, -0.2) is 0 Å². The Balaban J connectivity index is 1.83. The first-order chi connectivity index (χ1) is 10.5. The molecule has 0 spiro atoms. The van der Waals surface area contributed by atoms with Crippen molar-refractivity contribution in [1.29, 1.82) is 0 Å². The SMILES string of the molecule is CCc1ccc(CCC(=O)N2CCC(C(=O)O)C(C)C2)cc1. The van der Waals surface area contributed by atoms with Crippen LogP contribution in [0.1, 0.15) is 37.8 Å². The molecule has 1 aliphatic rings. The van der Waals surface area contributed by atoms with E-state index in [-0.39, 0.29) is 17.7 Å². The Morgan fingerprint density at radius 2 is 1.86 bits per heavy atom. The zero-order valence-electron chi connectivity index (χ0n) is 13.4. The molecule has 1 aliphatic heterocycles. The number of aryl methyl sites for hydroxylation is 2. The molecule has 2 atom stereocenters. The van der Waals surface area contributed by atoms with Crippen LogP contribution in [0, 0.1) is 11.8 Å². The summed E-state index contributed by atoms with van der Waals surface area (Å²) in [5.74, 6) is -0.893. The monoisotopic (exact) mass is 303 g/mol. The summed E-state index contributed by atoms with van der Waals surface area (Å²) in [5, 5.41) is 9.12. The van der Waals surface area contributed by atoms with Crippen LogP contribution in [0.15, 0.2) is 24.3 Å². The van der Waals surface area contributed by atoms with E-state index in [0.29, 0.717) is 25.9 Å². The number of nitrogens with zero attached hydrogens (tertiary/aromatic N) is 1. The van der Waals surface area contributed by atoms with Crippen LogP contribution in [0.25, 0.3) is 0 Å². The number of hydrogen-bond acceptors (Lipinski definition) is 2. The Hall–Kier alpha value is -1.84. The van der Waals surface area contributed by atoms with Gasteiger partial charge in [0.25, 0.3) is 0 Å². The molecule has 1 N–H and O–H groups in total. The van der Waals surface area contributed by atoms with E-state index >= 15 is 0 Å². The zero-order valence-corrected chi connectivity index (χ0v) is 13.4. The average molecular weight is 303 g/mol. The zero-order chi connectivity index (χ0) is 16.1. The summed E-state index contributed by atoms with van der Waals surface area (Å²) in [6.07, 6.45) is 2.83. The van der Waals surface area contributed by atoms with E-state index in [1.807, 2.05) is 11.8 Å². The molecule has 0 saturated carbocycles. The molecule has 0 aliphatic carbocycles. The average Bonchev–Trinajstić information content (AvgIpc) is 2.52. The fourth-order valence-electron chi connectivity index (χ4n) is 3.09. The van der Waals surface area contributed by atoms with E-state index in [2.05, 4.69) is 31.2 Å². The summed E-state index contributed by atoms with van der Waals surface area (Å²) >= 11 is 0. The summed E-state index contributed by atoms with van der Waals surface area (Å²) < 4.78 is 0. The first-order valence-electron chi connectivity index (χ1n) is 8.09. The third kappa shape index (κ3) is 4.09. The quantitative estimate of drug-likeness (QED) is 0.910. The third-order valence-corrected chi connectivity index (χ3v) is 4.63. The van der Waals surface area contributed by atoms with Crippen LogP contribution in [0.5, 0.6) is 0 Å². The molecule has 4 heteroatoms. The van der Waals surface area contributed by atoms with E-state index < -0.39 is 5.97 Å². The molecule has 22 heavy (non-hydrogen) atoms. The van der Waals surface area contributed by atoms with E-state index in [9.17, 15) is 9.59 Å². The van der Waals surface area contributed by atoms with Gasteiger partial charge in [-0.1, -0.05) is 38.1 Å². The van der Waals surface area contributed by atoms with Crippen molar-refractivity contribution in [1.82, 2.24) is 4.90 Å². The van der Waals surface area contributed by atoms with Gasteiger partial charge in [0.1, 0.15) is 0 Å². The highest BCUT2D eigenvalue weighted by molar-refractivity contribution is 5.77. The molecule has 1 aromatic carbocycles. The lowest BCUT2D eigenvalue weighted by atomic mass is 9.87. The number of benzene rings is 1. The topological polar surface area (TPSA) is 57.6 Å². The van der Waals surface area contributed by atoms with E-state index in [1.165, 1.54) is 11.1 Å². The molecule has 1 saturated heterocycles. The first-order valence-corrected chi connectivity index (χ1v) is 8.09. The molecular weight excluding hydrogens is 278 g/mol. The molecule has 0 aromatic heterocycles. The molecule has 4 nitrogen and oxygen atoms in total. The fraction of sp³-hybridized carbons (Fsp3) is 0.556. The van der Waals surface area contributed by atoms with Gasteiger partial charge in [0.05, 0.1) is 5.92 Å². The van der Waals surface area contributed by atoms with Crippen LogP contribution >= 0.6 is 0 Å². The van der Waals surface area contributed by atoms with Crippen LogP contribution in [-0.4, -0.2) is 35.0 Å². The molecule has 120 valence electrons. The molecule has 1 fully saturated rings. The second kappa shape index (κ2) is 7.43. The van der Waals surface area contributed by atoms with Crippen molar-refractivity contribution in [3.05, 3.63) is 35.4 Å². The van der Waals surface area contributed by atoms with Crippen LogP contribution in [0.4, 0.5) is 0 Å². The molecule has 1 heterocycles. The maximum absolute atomic E-state index is 12.3. The van der Waals surface area contributed by atoms with Crippen LogP contribution < -0.4 is 0 Å². The Morgan fingerprint density at radius 1 is 1.23 bits per heavy atom. The summed E-state index contributed by atoms with van der Waals surface area (Å²) in [4.78, 5) is 25.2. The summed E-state index contributed by atoms with van der Waals surface area (Å²) in [6.45, 7) is 5.17. The van der Waals surface area contributed by atoms with Crippen molar-refractivity contribution in [2.24, 2.45) is 11.8 Å². The van der Waals surface area contributed by atoms with Crippen LogP contribution in [0.2, 0.25) is 0 Å². The summed E-state index contributed by atoms with van der Waals surface area (Å²) in [6, 6.07) is 8.40. The molecule has 2 rings (SSSR count). The van der Waals surface area contributed by atoms with Crippen molar-refractivity contribution in [3.63, 3.8) is 0 Å². The number of piperidine rings is 1. The first kappa shape index (κ1) is 16.5. The lowest BCUT2D eigenvalue weighted by Gasteiger charge is -2.35. The van der Waals surface area contributed by atoms with Crippen molar-refractivity contribution in [2.45, 2.75) is 39.5 Å². The number of rotatable bonds is 5. The molecule has 0 radical (unpaired) electrons. The minimum atomic E-state index is -0.740. The number of hydrogen-bond donors (Lipinski definition) is 1. The smallest absolute Gasteiger partial charge is 0.306 e. The van der Waals surface area contributed by atoms with Crippen molar-refractivity contribution in [2.75, 3.05) is 13.1 Å². The minimum absolute atomic E-state index is 0.0269. The van der Waals surface area contributed by atoms with Crippen molar-refractivity contribution >= 4 is 11.9 Å². The van der Waals surface area contributed by atoms with Crippen molar-refractivity contribution in [3.8, 4) is 0 Å². The highest BCUT2D eigenvalue weighted by Gasteiger charge is 2.32. The molecule has 2 unspecified atom stereocenters. The number of amides is 1. The molecular formula is C18H25NO3. The summed E-state index contributed by atoms with van der Waals surface area (Å²) in [5.41, 5.74) is 2.48. The van der Waals surface area contributed by atoms with Gasteiger partial charge in [0, 0.05) is 19.5 Å².